The first kappa shape index (κ1) is 15.6. The lowest BCUT2D eigenvalue weighted by Gasteiger charge is -2.13. The van der Waals surface area contributed by atoms with Gasteiger partial charge in [0.05, 0.1) is 20.3 Å². The summed E-state index contributed by atoms with van der Waals surface area (Å²) in [5.41, 5.74) is 5.88. The van der Waals surface area contributed by atoms with Crippen molar-refractivity contribution in [1.29, 1.82) is 0 Å². The summed E-state index contributed by atoms with van der Waals surface area (Å²) in [6.45, 7) is 0. The van der Waals surface area contributed by atoms with Crippen molar-refractivity contribution < 1.29 is 19.4 Å². The average molecular weight is 304 g/mol. The van der Waals surface area contributed by atoms with Crippen molar-refractivity contribution in [2.75, 3.05) is 14.2 Å². The number of carbonyl (C=O) groups is 1. The summed E-state index contributed by atoms with van der Waals surface area (Å²) in [5, 5.41) is 10.3. The molecule has 0 aromatic carbocycles. The number of nitrogens with zero attached hydrogens (tertiary/aromatic N) is 3. The molecule has 0 bridgehead atoms. The van der Waals surface area contributed by atoms with E-state index in [1.807, 2.05) is 0 Å². The van der Waals surface area contributed by atoms with Gasteiger partial charge < -0.3 is 20.3 Å². The van der Waals surface area contributed by atoms with Crippen LogP contribution in [0, 0.1) is 0 Å². The molecule has 2 rings (SSSR count). The SMILES string of the molecule is COc1cc(OC)nc(C(O)Cc2cccnc2C(N)=O)n1. The highest BCUT2D eigenvalue weighted by atomic mass is 16.5. The fourth-order valence-electron chi connectivity index (χ4n) is 1.90. The predicted molar refractivity (Wildman–Crippen MR) is 76.6 cm³/mol. The molecule has 2 aromatic heterocycles. The first-order valence-electron chi connectivity index (χ1n) is 6.44. The summed E-state index contributed by atoms with van der Waals surface area (Å²) >= 11 is 0. The Kier molecular flexibility index (Phi) is 4.84. The molecule has 8 heteroatoms. The zero-order valence-corrected chi connectivity index (χ0v) is 12.2. The summed E-state index contributed by atoms with van der Waals surface area (Å²) in [4.78, 5) is 23.4. The van der Waals surface area contributed by atoms with Gasteiger partial charge in [-0.1, -0.05) is 6.07 Å². The van der Waals surface area contributed by atoms with E-state index >= 15 is 0 Å². The van der Waals surface area contributed by atoms with Crippen molar-refractivity contribution >= 4 is 5.91 Å². The highest BCUT2D eigenvalue weighted by Crippen LogP contribution is 2.22. The molecule has 22 heavy (non-hydrogen) atoms. The lowest BCUT2D eigenvalue weighted by Crippen LogP contribution is -2.17. The molecule has 116 valence electrons. The normalized spacial score (nSPS) is 11.8. The molecule has 0 spiro atoms. The topological polar surface area (TPSA) is 120 Å². The number of rotatable bonds is 6. The van der Waals surface area contributed by atoms with Gasteiger partial charge in [-0.05, 0) is 11.6 Å². The zero-order chi connectivity index (χ0) is 16.1. The second-order valence-corrected chi connectivity index (χ2v) is 4.41. The van der Waals surface area contributed by atoms with Gasteiger partial charge in [-0.15, -0.1) is 0 Å². The van der Waals surface area contributed by atoms with Gasteiger partial charge in [-0.2, -0.15) is 9.97 Å². The van der Waals surface area contributed by atoms with Gasteiger partial charge in [-0.25, -0.2) is 0 Å². The molecule has 0 radical (unpaired) electrons. The average Bonchev–Trinajstić information content (AvgIpc) is 2.54. The van der Waals surface area contributed by atoms with Crippen molar-refractivity contribution in [1.82, 2.24) is 15.0 Å². The van der Waals surface area contributed by atoms with E-state index in [2.05, 4.69) is 15.0 Å². The molecule has 0 aliphatic carbocycles. The number of hydrogen-bond donors (Lipinski definition) is 2. The zero-order valence-electron chi connectivity index (χ0n) is 12.2. The number of pyridine rings is 1. The standard InChI is InChI=1S/C14H16N4O4/c1-21-10-7-11(22-2)18-14(17-10)9(19)6-8-4-3-5-16-12(8)13(15)20/h3-5,7,9,19H,6H2,1-2H3,(H2,15,20). The fourth-order valence-corrected chi connectivity index (χ4v) is 1.90. The molecule has 1 amide bonds. The second-order valence-electron chi connectivity index (χ2n) is 4.41. The number of amides is 1. The Hall–Kier alpha value is -2.74. The molecule has 3 N–H and O–H groups in total. The molecule has 8 nitrogen and oxygen atoms in total. The van der Waals surface area contributed by atoms with Crippen molar-refractivity contribution in [3.8, 4) is 11.8 Å². The smallest absolute Gasteiger partial charge is 0.267 e. The van der Waals surface area contributed by atoms with E-state index in [1.165, 1.54) is 26.5 Å². The minimum absolute atomic E-state index is 0.0857. The Morgan fingerprint density at radius 3 is 2.50 bits per heavy atom. The van der Waals surface area contributed by atoms with Gasteiger partial charge in [0.15, 0.2) is 5.82 Å². The first-order chi connectivity index (χ1) is 10.5. The predicted octanol–water partition coefficient (Wildman–Crippen LogP) is 0.264. The summed E-state index contributed by atoms with van der Waals surface area (Å²) in [6, 6.07) is 4.81. The van der Waals surface area contributed by atoms with Gasteiger partial charge in [0.2, 0.25) is 11.8 Å². The summed E-state index contributed by atoms with van der Waals surface area (Å²) in [7, 11) is 2.90. The van der Waals surface area contributed by atoms with E-state index in [4.69, 9.17) is 15.2 Å². The van der Waals surface area contributed by atoms with Crippen LogP contribution < -0.4 is 15.2 Å². The number of nitrogens with two attached hydrogens (primary N) is 1. The van der Waals surface area contributed by atoms with E-state index in [-0.39, 0.29) is 29.7 Å². The maximum absolute atomic E-state index is 11.3. The third-order valence-electron chi connectivity index (χ3n) is 2.95. The first-order valence-corrected chi connectivity index (χ1v) is 6.44. The van der Waals surface area contributed by atoms with Gasteiger partial charge in [0.1, 0.15) is 11.8 Å². The number of aromatic nitrogens is 3. The Morgan fingerprint density at radius 1 is 1.32 bits per heavy atom. The van der Waals surface area contributed by atoms with Crippen LogP contribution in [0.15, 0.2) is 24.4 Å². The van der Waals surface area contributed by atoms with E-state index in [9.17, 15) is 9.90 Å². The van der Waals surface area contributed by atoms with E-state index in [0.29, 0.717) is 5.56 Å². The van der Waals surface area contributed by atoms with Crippen LogP contribution in [0.4, 0.5) is 0 Å². The molecule has 0 fully saturated rings. The maximum Gasteiger partial charge on any atom is 0.267 e. The van der Waals surface area contributed by atoms with Crippen molar-refractivity contribution in [2.24, 2.45) is 5.73 Å². The minimum Gasteiger partial charge on any atom is -0.481 e. The van der Waals surface area contributed by atoms with Crippen molar-refractivity contribution in [2.45, 2.75) is 12.5 Å². The third-order valence-corrected chi connectivity index (χ3v) is 2.95. The van der Waals surface area contributed by atoms with Gasteiger partial charge >= 0.3 is 0 Å². The molecule has 1 unspecified atom stereocenters. The van der Waals surface area contributed by atoms with Crippen LogP contribution in [-0.4, -0.2) is 40.2 Å². The number of primary amides is 1. The van der Waals surface area contributed by atoms with Crippen LogP contribution in [-0.2, 0) is 6.42 Å². The number of carbonyl (C=O) groups excluding carboxylic acids is 1. The molecular formula is C14H16N4O4. The second kappa shape index (κ2) is 6.81. The largest absolute Gasteiger partial charge is 0.481 e. The Bertz CT molecular complexity index is 655. The summed E-state index contributed by atoms with van der Waals surface area (Å²) in [6.07, 6.45) is 0.482. The van der Waals surface area contributed by atoms with Crippen LogP contribution in [0.25, 0.3) is 0 Å². The third kappa shape index (κ3) is 3.47. The lowest BCUT2D eigenvalue weighted by molar-refractivity contribution is 0.0993. The lowest BCUT2D eigenvalue weighted by atomic mass is 10.1. The molecule has 2 heterocycles. The summed E-state index contributed by atoms with van der Waals surface area (Å²) < 4.78 is 10.1. The van der Waals surface area contributed by atoms with Crippen molar-refractivity contribution in [3.05, 3.63) is 41.5 Å². The monoisotopic (exact) mass is 304 g/mol. The molecule has 1 atom stereocenters. The Morgan fingerprint density at radius 2 is 1.95 bits per heavy atom. The molecular weight excluding hydrogens is 288 g/mol. The molecule has 0 saturated heterocycles. The van der Waals surface area contributed by atoms with Crippen LogP contribution in [0.5, 0.6) is 11.8 Å². The van der Waals surface area contributed by atoms with Crippen molar-refractivity contribution in [3.63, 3.8) is 0 Å². The number of aliphatic hydroxyl groups excluding tert-OH is 1. The van der Waals surface area contributed by atoms with Gasteiger partial charge in [0, 0.05) is 12.6 Å². The molecule has 2 aromatic rings. The van der Waals surface area contributed by atoms with Crippen LogP contribution >= 0.6 is 0 Å². The van der Waals surface area contributed by atoms with Crippen LogP contribution in [0.2, 0.25) is 0 Å². The van der Waals surface area contributed by atoms with Crippen LogP contribution in [0.3, 0.4) is 0 Å². The minimum atomic E-state index is -1.06. The maximum atomic E-state index is 11.3. The molecule has 0 saturated carbocycles. The highest BCUT2D eigenvalue weighted by Gasteiger charge is 2.18. The number of methoxy groups -OCH3 is 2. The van der Waals surface area contributed by atoms with E-state index in [0.717, 1.165) is 0 Å². The van der Waals surface area contributed by atoms with Gasteiger partial charge in [-0.3, -0.25) is 9.78 Å². The fraction of sp³-hybridized carbons (Fsp3) is 0.286. The van der Waals surface area contributed by atoms with E-state index < -0.39 is 12.0 Å². The van der Waals surface area contributed by atoms with Gasteiger partial charge in [0.25, 0.3) is 5.91 Å². The number of ether oxygens (including phenoxy) is 2. The van der Waals surface area contributed by atoms with E-state index in [1.54, 1.807) is 12.1 Å². The molecule has 0 aliphatic rings. The Labute approximate surface area is 126 Å². The molecule has 0 aliphatic heterocycles. The van der Waals surface area contributed by atoms with Crippen LogP contribution in [0.1, 0.15) is 28.0 Å². The number of aliphatic hydroxyl groups is 1. The number of hydrogen-bond acceptors (Lipinski definition) is 7. The highest BCUT2D eigenvalue weighted by molar-refractivity contribution is 5.92. The Balaban J connectivity index is 2.29. The summed E-state index contributed by atoms with van der Waals surface area (Å²) in [5.74, 6) is -0.00756. The quantitative estimate of drug-likeness (QED) is 0.785.